The largest absolute Gasteiger partial charge is 0.478 e. The minimum absolute atomic E-state index is 0.142. The van der Waals surface area contributed by atoms with Gasteiger partial charge in [0.1, 0.15) is 0 Å². The number of fused-ring (bicyclic) bond motifs is 16. The van der Waals surface area contributed by atoms with Crippen molar-refractivity contribution in [3.8, 4) is 89.0 Å². The van der Waals surface area contributed by atoms with Gasteiger partial charge in [0.2, 0.25) is 17.8 Å². The quantitative estimate of drug-likeness (QED) is 0.0480. The van der Waals surface area contributed by atoms with Gasteiger partial charge in [-0.3, -0.25) is 0 Å². The van der Waals surface area contributed by atoms with Crippen LogP contribution < -0.4 is 16.0 Å². The average Bonchev–Trinajstić information content (AvgIpc) is 1.62. The Kier molecular flexibility index (Phi) is 17.1. The fourth-order valence-electron chi connectivity index (χ4n) is 15.5. The van der Waals surface area contributed by atoms with Crippen LogP contribution >= 0.6 is 0 Å². The molecule has 540 valence electrons. The van der Waals surface area contributed by atoms with Gasteiger partial charge in [-0.05, 0) is 190 Å². The molecule has 4 aliphatic heterocycles. The Morgan fingerprint density at radius 2 is 0.386 bits per heavy atom. The summed E-state index contributed by atoms with van der Waals surface area (Å²) in [6.45, 7) is 0. The van der Waals surface area contributed by atoms with Gasteiger partial charge < -0.3 is 41.0 Å². The lowest BCUT2D eigenvalue weighted by Crippen LogP contribution is -2.07. The SMILES string of the molecule is O=C(O)c1ccc(Nc2nc(Nc3ccc(-c4c5nc(c(-c6ccccc6)c6ccc([nH]6)c(-c6ccccc6)c6nc(c(-c7ccccc7)c7ccc4[nH]7)C=C6)C=C5)cc3)nc(Nc3ccc(-c4c5nc(c(-c6ccccc6)c6ccc([nH]6)c(-c6ccccc6)c6nc(c(-c7ccccc7)c7ccc4[nH]7)C=C6)C=C5)cc3)n2)cc1. The molecule has 9 aromatic carbocycles. The Balaban J connectivity index is 0.692. The number of carboxylic acid groups (broad SMARTS) is 1. The van der Waals surface area contributed by atoms with E-state index in [9.17, 15) is 9.90 Å². The van der Waals surface area contributed by atoms with Gasteiger partial charge in [0, 0.05) is 106 Å². The van der Waals surface area contributed by atoms with Crippen LogP contribution in [0, 0.1) is 0 Å². The molecule has 0 saturated carbocycles. The van der Waals surface area contributed by atoms with Crippen molar-refractivity contribution in [3.63, 3.8) is 0 Å². The third-order valence-electron chi connectivity index (χ3n) is 20.8. The summed E-state index contributed by atoms with van der Waals surface area (Å²) in [5.74, 6) is -0.379. The standard InChI is InChI=1S/C98H66N14O2/c113-95(114)67-35-41-70(42-36-67)101-98-111-96(99-68-37-31-65(32-38-68)93-83-55-51-79(106-83)89(61-23-11-3-12-24-61)75-47-43-71(102-75)87(59-19-7-1-8-20-59)72-44-48-76(103-72)90(62-25-13-4-14-26-62)80-52-56-84(93)107-80)110-97(112-98)100-69-39-33-66(34-40-69)94-85-57-53-81(108-85)91(63-27-15-5-16-28-63)77-49-45-73(104-77)88(60-21-9-2-10-22-60)74-46-50-78(105-74)92(64-29-17-6-18-30-64)82-54-58-86(94)109-82/h1-58,102,104,107,109H,(H,113,114)(H3,99,100,101,110,111,112). The number of carboxylic acids is 1. The van der Waals surface area contributed by atoms with Gasteiger partial charge in [0.25, 0.3) is 0 Å². The van der Waals surface area contributed by atoms with Crippen LogP contribution in [0.25, 0.3) is 182 Å². The third kappa shape index (κ3) is 13.0. The Morgan fingerprint density at radius 3 is 0.570 bits per heavy atom. The summed E-state index contributed by atoms with van der Waals surface area (Å²) in [4.78, 5) is 64.3. The second kappa shape index (κ2) is 28.9. The smallest absolute Gasteiger partial charge is 0.335 e. The van der Waals surface area contributed by atoms with Crippen LogP contribution in [0.2, 0.25) is 0 Å². The van der Waals surface area contributed by atoms with E-state index in [4.69, 9.17) is 34.9 Å². The molecule has 16 nitrogen and oxygen atoms in total. The summed E-state index contributed by atoms with van der Waals surface area (Å²) in [6.07, 6.45) is 16.8. The predicted octanol–water partition coefficient (Wildman–Crippen LogP) is 24.1. The molecular weight excluding hydrogens is 1410 g/mol. The zero-order valence-electron chi connectivity index (χ0n) is 61.0. The van der Waals surface area contributed by atoms with Crippen molar-refractivity contribution in [2.24, 2.45) is 0 Å². The van der Waals surface area contributed by atoms with Crippen LogP contribution in [0.5, 0.6) is 0 Å². The molecule has 8 N–H and O–H groups in total. The highest BCUT2D eigenvalue weighted by molar-refractivity contribution is 6.03. The molecule has 7 aromatic heterocycles. The molecule has 20 rings (SSSR count). The number of H-pyrrole nitrogens is 4. The maximum Gasteiger partial charge on any atom is 0.335 e. The number of aromatic amines is 4. The average molecular weight is 1470 g/mol. The number of aromatic nitrogens is 11. The monoisotopic (exact) mass is 1470 g/mol. The van der Waals surface area contributed by atoms with Crippen LogP contribution in [-0.4, -0.2) is 65.9 Å². The van der Waals surface area contributed by atoms with Gasteiger partial charge >= 0.3 is 5.97 Å². The van der Waals surface area contributed by atoms with Crippen molar-refractivity contribution in [2.75, 3.05) is 16.0 Å². The third-order valence-corrected chi connectivity index (χ3v) is 20.8. The molecule has 0 amide bonds. The van der Waals surface area contributed by atoms with Crippen LogP contribution in [0.15, 0.2) is 303 Å². The van der Waals surface area contributed by atoms with E-state index in [1.807, 2.05) is 60.7 Å². The lowest BCUT2D eigenvalue weighted by atomic mass is 10.0. The van der Waals surface area contributed by atoms with Gasteiger partial charge in [-0.2, -0.15) is 15.0 Å². The molecule has 4 aliphatic rings. The number of hydrogen-bond acceptors (Lipinski definition) is 11. The second-order valence-electron chi connectivity index (χ2n) is 27.9. The van der Waals surface area contributed by atoms with E-state index in [-0.39, 0.29) is 23.4 Å². The van der Waals surface area contributed by atoms with Crippen molar-refractivity contribution in [2.45, 2.75) is 0 Å². The second-order valence-corrected chi connectivity index (χ2v) is 27.9. The first kappa shape index (κ1) is 67.4. The lowest BCUT2D eigenvalue weighted by Gasteiger charge is -2.13. The molecule has 16 bridgehead atoms. The van der Waals surface area contributed by atoms with E-state index in [0.717, 1.165) is 179 Å². The van der Waals surface area contributed by atoms with Crippen LogP contribution in [0.4, 0.5) is 34.9 Å². The number of nitrogens with zero attached hydrogens (tertiary/aromatic N) is 7. The molecule has 0 atom stereocenters. The first-order valence-corrected chi connectivity index (χ1v) is 37.5. The Labute approximate surface area is 653 Å². The van der Waals surface area contributed by atoms with Crippen LogP contribution in [0.1, 0.15) is 55.9 Å². The molecule has 16 aromatic rings. The lowest BCUT2D eigenvalue weighted by molar-refractivity contribution is 0.0696. The van der Waals surface area contributed by atoms with Crippen molar-refractivity contribution in [1.82, 2.24) is 54.8 Å². The number of rotatable bonds is 15. The summed E-state index contributed by atoms with van der Waals surface area (Å²) < 4.78 is 0. The van der Waals surface area contributed by atoms with E-state index in [1.54, 1.807) is 12.1 Å². The maximum atomic E-state index is 12.0. The zero-order valence-corrected chi connectivity index (χ0v) is 61.0. The molecule has 0 fully saturated rings. The molecule has 0 unspecified atom stereocenters. The minimum Gasteiger partial charge on any atom is -0.478 e. The highest BCUT2D eigenvalue weighted by Crippen LogP contribution is 2.43. The molecule has 0 saturated heterocycles. The van der Waals surface area contributed by atoms with E-state index in [1.165, 1.54) is 12.1 Å². The van der Waals surface area contributed by atoms with E-state index in [2.05, 4.69) is 303 Å². The summed E-state index contributed by atoms with van der Waals surface area (Å²) >= 11 is 0. The number of hydrogen-bond donors (Lipinski definition) is 8. The van der Waals surface area contributed by atoms with Crippen molar-refractivity contribution >= 4 is 134 Å². The molecule has 0 radical (unpaired) electrons. The fourth-order valence-corrected chi connectivity index (χ4v) is 15.5. The summed E-state index contributed by atoms with van der Waals surface area (Å²) in [6, 6.07) is 102. The van der Waals surface area contributed by atoms with Gasteiger partial charge in [-0.1, -0.05) is 206 Å². The zero-order chi connectivity index (χ0) is 76.0. The first-order valence-electron chi connectivity index (χ1n) is 37.5. The fraction of sp³-hybridized carbons (Fsp3) is 0. The minimum atomic E-state index is -1.04. The van der Waals surface area contributed by atoms with Crippen LogP contribution in [-0.2, 0) is 0 Å². The van der Waals surface area contributed by atoms with E-state index >= 15 is 0 Å². The van der Waals surface area contributed by atoms with Crippen LogP contribution in [0.3, 0.4) is 0 Å². The highest BCUT2D eigenvalue weighted by atomic mass is 16.4. The van der Waals surface area contributed by atoms with Gasteiger partial charge in [-0.25, -0.2) is 24.7 Å². The van der Waals surface area contributed by atoms with Gasteiger partial charge in [0.05, 0.1) is 51.1 Å². The van der Waals surface area contributed by atoms with Crippen molar-refractivity contribution < 1.29 is 9.90 Å². The maximum absolute atomic E-state index is 12.0. The van der Waals surface area contributed by atoms with Gasteiger partial charge in [-0.15, -0.1) is 0 Å². The van der Waals surface area contributed by atoms with Gasteiger partial charge in [0.15, 0.2) is 0 Å². The number of aromatic carboxylic acids is 1. The van der Waals surface area contributed by atoms with Crippen molar-refractivity contribution in [1.29, 1.82) is 0 Å². The van der Waals surface area contributed by atoms with E-state index in [0.29, 0.717) is 17.1 Å². The summed E-state index contributed by atoms with van der Waals surface area (Å²) in [7, 11) is 0. The molecule has 0 aliphatic carbocycles. The Hall–Kier alpha value is -15.9. The number of benzene rings is 9. The molecule has 114 heavy (non-hydrogen) atoms. The Morgan fingerprint density at radius 1 is 0.211 bits per heavy atom. The molecule has 16 heteroatoms. The normalized spacial score (nSPS) is 12.0. The number of anilines is 6. The first-order chi connectivity index (χ1) is 56.2. The Bertz CT molecular complexity index is 6510. The predicted molar refractivity (Wildman–Crippen MR) is 464 cm³/mol. The van der Waals surface area contributed by atoms with E-state index < -0.39 is 5.97 Å². The van der Waals surface area contributed by atoms with Crippen molar-refractivity contribution in [3.05, 3.63) is 354 Å². The summed E-state index contributed by atoms with van der Waals surface area (Å²) in [5.41, 5.74) is 31.2. The number of nitrogens with one attached hydrogen (secondary N) is 7. The molecule has 0 spiro atoms. The molecule has 11 heterocycles. The number of carbonyl (C=O) groups is 1. The topological polar surface area (TPSA) is 227 Å². The highest BCUT2D eigenvalue weighted by Gasteiger charge is 2.24. The molecular formula is C98H66N14O2. The summed E-state index contributed by atoms with van der Waals surface area (Å²) in [5, 5.41) is 20.1.